The molecule has 2 aromatic rings. The first-order chi connectivity index (χ1) is 10.9. The smallest absolute Gasteiger partial charge is 0.387 e. The van der Waals surface area contributed by atoms with Gasteiger partial charge in [-0.3, -0.25) is 9.48 Å². The van der Waals surface area contributed by atoms with Crippen molar-refractivity contribution in [1.29, 1.82) is 0 Å². The van der Waals surface area contributed by atoms with Crippen molar-refractivity contribution in [1.82, 2.24) is 9.78 Å². The maximum atomic E-state index is 12.4. The average molecular weight is 437 g/mol. The lowest BCUT2D eigenvalue weighted by Gasteiger charge is -2.13. The number of aryl methyl sites for hydroxylation is 1. The van der Waals surface area contributed by atoms with Gasteiger partial charge in [0.1, 0.15) is 5.69 Å². The molecule has 0 radical (unpaired) electrons. The number of alkyl halides is 2. The van der Waals surface area contributed by atoms with Crippen LogP contribution >= 0.6 is 22.6 Å². The van der Waals surface area contributed by atoms with Crippen LogP contribution in [0.15, 0.2) is 24.4 Å². The third-order valence-electron chi connectivity index (χ3n) is 2.83. The Morgan fingerprint density at radius 3 is 2.74 bits per heavy atom. The van der Waals surface area contributed by atoms with E-state index in [1.54, 1.807) is 20.2 Å². The molecule has 0 saturated carbocycles. The number of carbonyl (C=O) groups excluding carboxylic acids is 1. The number of carbonyl (C=O) groups is 1. The highest BCUT2D eigenvalue weighted by Crippen LogP contribution is 2.32. The van der Waals surface area contributed by atoms with E-state index in [4.69, 9.17) is 4.74 Å². The fraction of sp³-hybridized carbons (Fsp3) is 0.286. The van der Waals surface area contributed by atoms with Crippen molar-refractivity contribution in [3.05, 3.63) is 33.7 Å². The van der Waals surface area contributed by atoms with Gasteiger partial charge in [0.05, 0.1) is 16.4 Å². The van der Waals surface area contributed by atoms with E-state index in [2.05, 4.69) is 15.2 Å². The summed E-state index contributed by atoms with van der Waals surface area (Å²) in [5.74, 6) is -0.320. The molecule has 0 atom stereocenters. The van der Waals surface area contributed by atoms with Crippen LogP contribution in [-0.4, -0.2) is 28.9 Å². The summed E-state index contributed by atoms with van der Waals surface area (Å²) in [4.78, 5) is 12.3. The fourth-order valence-corrected chi connectivity index (χ4v) is 2.62. The van der Waals surface area contributed by atoms with Gasteiger partial charge in [-0.1, -0.05) is 0 Å². The van der Waals surface area contributed by atoms with Gasteiger partial charge in [-0.15, -0.1) is 0 Å². The molecule has 0 bridgehead atoms. The van der Waals surface area contributed by atoms with Gasteiger partial charge in [-0.2, -0.15) is 13.9 Å². The van der Waals surface area contributed by atoms with Gasteiger partial charge in [0.2, 0.25) is 0 Å². The molecule has 1 amide bonds. The van der Waals surface area contributed by atoms with Crippen molar-refractivity contribution < 1.29 is 23.0 Å². The Balaban J connectivity index is 2.23. The van der Waals surface area contributed by atoms with Gasteiger partial charge in [-0.05, 0) is 41.6 Å². The quantitative estimate of drug-likeness (QED) is 0.705. The average Bonchev–Trinajstić information content (AvgIpc) is 2.81. The molecule has 1 heterocycles. The van der Waals surface area contributed by atoms with Crippen LogP contribution in [0.2, 0.25) is 0 Å². The molecule has 1 N–H and O–H groups in total. The van der Waals surface area contributed by atoms with Gasteiger partial charge in [-0.25, -0.2) is 0 Å². The molecule has 0 aliphatic heterocycles. The zero-order valence-corrected chi connectivity index (χ0v) is 14.5. The minimum Gasteiger partial charge on any atom is -0.490 e. The second-order valence-electron chi connectivity index (χ2n) is 4.39. The molecule has 0 fully saturated rings. The Morgan fingerprint density at radius 2 is 2.17 bits per heavy atom. The summed E-state index contributed by atoms with van der Waals surface area (Å²) in [6.45, 7) is -0.961. The van der Waals surface area contributed by atoms with Crippen molar-refractivity contribution in [3.8, 4) is 11.5 Å². The Labute approximate surface area is 144 Å². The van der Waals surface area contributed by atoms with Gasteiger partial charge >= 0.3 is 6.61 Å². The number of nitrogens with zero attached hydrogens (tertiary/aromatic N) is 2. The number of amides is 1. The molecule has 124 valence electrons. The van der Waals surface area contributed by atoms with Crippen molar-refractivity contribution >= 4 is 34.2 Å². The summed E-state index contributed by atoms with van der Waals surface area (Å²) in [5, 5.41) is 6.67. The second-order valence-corrected chi connectivity index (χ2v) is 5.55. The summed E-state index contributed by atoms with van der Waals surface area (Å²) in [5.41, 5.74) is 0.800. The summed E-state index contributed by atoms with van der Waals surface area (Å²) in [7, 11) is 1.66. The molecule has 2 rings (SSSR count). The lowest BCUT2D eigenvalue weighted by molar-refractivity contribution is -0.0514. The largest absolute Gasteiger partial charge is 0.490 e. The first kappa shape index (κ1) is 17.4. The molecule has 1 aromatic carbocycles. The Morgan fingerprint density at radius 1 is 1.43 bits per heavy atom. The number of ether oxygens (including phenoxy) is 2. The highest BCUT2D eigenvalue weighted by molar-refractivity contribution is 14.1. The lowest BCUT2D eigenvalue weighted by Crippen LogP contribution is -2.17. The molecule has 0 aliphatic rings. The number of hydrogen-bond donors (Lipinski definition) is 1. The van der Waals surface area contributed by atoms with E-state index in [-0.39, 0.29) is 24.0 Å². The summed E-state index contributed by atoms with van der Waals surface area (Å²) in [6, 6.07) is 4.21. The van der Waals surface area contributed by atoms with Gasteiger partial charge in [0, 0.05) is 18.8 Å². The predicted molar refractivity (Wildman–Crippen MR) is 88.1 cm³/mol. The standard InChI is InChI=1S/C14H14F2IN3O3/c1-3-22-11-6-8(4-5-10(11)23-14(15)16)19-13(21)12-9(17)7-18-20(12)2/h4-7,14H,3H2,1-2H3,(H,19,21). The van der Waals surface area contributed by atoms with E-state index >= 15 is 0 Å². The van der Waals surface area contributed by atoms with Crippen LogP contribution in [0.4, 0.5) is 14.5 Å². The minimum atomic E-state index is -2.95. The molecule has 6 nitrogen and oxygen atoms in total. The topological polar surface area (TPSA) is 65.4 Å². The highest BCUT2D eigenvalue weighted by Gasteiger charge is 2.17. The lowest BCUT2D eigenvalue weighted by atomic mass is 10.2. The second kappa shape index (κ2) is 7.57. The molecule has 1 aromatic heterocycles. The minimum absolute atomic E-state index is 0.0880. The van der Waals surface area contributed by atoms with Crippen molar-refractivity contribution in [2.45, 2.75) is 13.5 Å². The van der Waals surface area contributed by atoms with Gasteiger partial charge in [0.25, 0.3) is 5.91 Å². The SMILES string of the molecule is CCOc1cc(NC(=O)c2c(I)cnn2C)ccc1OC(F)F. The third kappa shape index (κ3) is 4.30. The number of anilines is 1. The Hall–Kier alpha value is -1.91. The first-order valence-electron chi connectivity index (χ1n) is 6.63. The van der Waals surface area contributed by atoms with Crippen molar-refractivity contribution in [3.63, 3.8) is 0 Å². The van der Waals surface area contributed by atoms with Crippen LogP contribution in [0.1, 0.15) is 17.4 Å². The molecule has 0 saturated heterocycles. The number of halogens is 3. The zero-order valence-electron chi connectivity index (χ0n) is 12.3. The number of rotatable bonds is 6. The van der Waals surface area contributed by atoms with E-state index in [1.165, 1.54) is 22.9 Å². The van der Waals surface area contributed by atoms with Crippen molar-refractivity contribution in [2.75, 3.05) is 11.9 Å². The molecule has 23 heavy (non-hydrogen) atoms. The van der Waals surface area contributed by atoms with E-state index in [9.17, 15) is 13.6 Å². The zero-order chi connectivity index (χ0) is 17.0. The molecule has 0 spiro atoms. The number of nitrogens with one attached hydrogen (secondary N) is 1. The molecule has 0 unspecified atom stereocenters. The van der Waals surface area contributed by atoms with Crippen LogP contribution in [0.5, 0.6) is 11.5 Å². The monoisotopic (exact) mass is 437 g/mol. The van der Waals surface area contributed by atoms with Gasteiger partial charge in [0.15, 0.2) is 11.5 Å². The summed E-state index contributed by atoms with van der Waals surface area (Å²) in [6.07, 6.45) is 1.57. The highest BCUT2D eigenvalue weighted by atomic mass is 127. The molecular formula is C14H14F2IN3O3. The Kier molecular flexibility index (Phi) is 5.74. The first-order valence-corrected chi connectivity index (χ1v) is 7.70. The number of benzene rings is 1. The Bertz CT molecular complexity index is 687. The van der Waals surface area contributed by atoms with E-state index in [1.807, 2.05) is 22.6 Å². The fourth-order valence-electron chi connectivity index (χ4n) is 1.90. The van der Waals surface area contributed by atoms with Crippen LogP contribution in [-0.2, 0) is 7.05 Å². The maximum Gasteiger partial charge on any atom is 0.387 e. The van der Waals surface area contributed by atoms with E-state index in [0.717, 1.165) is 0 Å². The maximum absolute atomic E-state index is 12.4. The number of hydrogen-bond acceptors (Lipinski definition) is 4. The summed E-state index contributed by atoms with van der Waals surface area (Å²) >= 11 is 2.01. The molecule has 0 aliphatic carbocycles. The van der Waals surface area contributed by atoms with Crippen LogP contribution in [0.3, 0.4) is 0 Å². The molecular weight excluding hydrogens is 423 g/mol. The van der Waals surface area contributed by atoms with Crippen molar-refractivity contribution in [2.24, 2.45) is 7.05 Å². The van der Waals surface area contributed by atoms with Crippen LogP contribution in [0.25, 0.3) is 0 Å². The van der Waals surface area contributed by atoms with Crippen LogP contribution < -0.4 is 14.8 Å². The normalized spacial score (nSPS) is 10.7. The molecule has 9 heteroatoms. The predicted octanol–water partition coefficient (Wildman–Crippen LogP) is 3.28. The third-order valence-corrected chi connectivity index (χ3v) is 3.62. The number of aromatic nitrogens is 2. The van der Waals surface area contributed by atoms with Gasteiger partial charge < -0.3 is 14.8 Å². The van der Waals surface area contributed by atoms with E-state index < -0.39 is 6.61 Å². The summed E-state index contributed by atoms with van der Waals surface area (Å²) < 4.78 is 36.5. The van der Waals surface area contributed by atoms with E-state index in [0.29, 0.717) is 15.0 Å². The van der Waals surface area contributed by atoms with Crippen LogP contribution in [0, 0.1) is 3.57 Å².